The van der Waals surface area contributed by atoms with Gasteiger partial charge in [-0.25, -0.2) is 0 Å². The molecule has 0 aliphatic carbocycles. The topological polar surface area (TPSA) is 24.5 Å². The molecule has 0 aromatic carbocycles. The van der Waals surface area contributed by atoms with Gasteiger partial charge in [0.1, 0.15) is 0 Å². The summed E-state index contributed by atoms with van der Waals surface area (Å²) >= 11 is 0. The molecule has 1 rings (SSSR count). The molecule has 1 heterocycles. The van der Waals surface area contributed by atoms with E-state index in [1.807, 2.05) is 0 Å². The van der Waals surface area contributed by atoms with Gasteiger partial charge in [0, 0.05) is 25.7 Å². The molecule has 1 saturated heterocycles. The fourth-order valence-corrected chi connectivity index (χ4v) is 2.27. The van der Waals surface area contributed by atoms with E-state index in [1.165, 1.54) is 19.5 Å². The average molecular weight is 200 g/mol. The number of hydrogen-bond acceptors (Lipinski definition) is 3. The monoisotopic (exact) mass is 200 g/mol. The second kappa shape index (κ2) is 5.69. The predicted octanol–water partition coefficient (Wildman–Crippen LogP) is 0.951. The van der Waals surface area contributed by atoms with Gasteiger partial charge < -0.3 is 15.0 Å². The van der Waals surface area contributed by atoms with Crippen molar-refractivity contribution in [2.75, 3.05) is 33.9 Å². The molecule has 1 aliphatic rings. The van der Waals surface area contributed by atoms with Crippen LogP contribution in [0.5, 0.6) is 0 Å². The van der Waals surface area contributed by atoms with Gasteiger partial charge in [-0.05, 0) is 32.9 Å². The molecular formula is C11H24N2O. The molecule has 84 valence electrons. The van der Waals surface area contributed by atoms with Crippen molar-refractivity contribution in [1.29, 1.82) is 0 Å². The Morgan fingerprint density at radius 3 is 2.86 bits per heavy atom. The molecule has 1 aliphatic heterocycles. The summed E-state index contributed by atoms with van der Waals surface area (Å²) in [5.41, 5.74) is 0. The smallest absolute Gasteiger partial charge is 0.0613 e. The van der Waals surface area contributed by atoms with Crippen molar-refractivity contribution in [3.63, 3.8) is 0 Å². The van der Waals surface area contributed by atoms with Gasteiger partial charge in [-0.3, -0.25) is 0 Å². The van der Waals surface area contributed by atoms with E-state index < -0.39 is 0 Å². The van der Waals surface area contributed by atoms with Crippen LogP contribution in [-0.4, -0.2) is 50.8 Å². The number of methoxy groups -OCH3 is 1. The lowest BCUT2D eigenvalue weighted by Gasteiger charge is -2.36. The number of piperidine rings is 1. The van der Waals surface area contributed by atoms with E-state index in [4.69, 9.17) is 4.74 Å². The largest absolute Gasteiger partial charge is 0.383 e. The standard InChI is InChI=1S/C11H24N2O/c1-9-7-13(3)6-5-11(9)12-10(2)8-14-4/h9-12H,5-8H2,1-4H3. The third kappa shape index (κ3) is 3.56. The Bertz CT molecular complexity index is 163. The quantitative estimate of drug-likeness (QED) is 0.731. The summed E-state index contributed by atoms with van der Waals surface area (Å²) < 4.78 is 5.13. The second-order valence-electron chi connectivity index (χ2n) is 4.66. The Morgan fingerprint density at radius 1 is 1.57 bits per heavy atom. The highest BCUT2D eigenvalue weighted by Gasteiger charge is 2.24. The van der Waals surface area contributed by atoms with Crippen molar-refractivity contribution in [3.05, 3.63) is 0 Å². The lowest BCUT2D eigenvalue weighted by molar-refractivity contribution is 0.132. The van der Waals surface area contributed by atoms with Crippen molar-refractivity contribution in [3.8, 4) is 0 Å². The first kappa shape index (κ1) is 12.0. The first-order valence-electron chi connectivity index (χ1n) is 5.57. The SMILES string of the molecule is COCC(C)NC1CCN(C)CC1C. The number of nitrogens with zero attached hydrogens (tertiary/aromatic N) is 1. The minimum absolute atomic E-state index is 0.468. The average Bonchev–Trinajstić information content (AvgIpc) is 2.10. The van der Waals surface area contributed by atoms with Crippen LogP contribution in [0.2, 0.25) is 0 Å². The highest BCUT2D eigenvalue weighted by molar-refractivity contribution is 4.83. The summed E-state index contributed by atoms with van der Waals surface area (Å²) in [6.45, 7) is 7.74. The minimum atomic E-state index is 0.468. The summed E-state index contributed by atoms with van der Waals surface area (Å²) in [7, 11) is 3.96. The molecule has 3 nitrogen and oxygen atoms in total. The van der Waals surface area contributed by atoms with Gasteiger partial charge in [0.05, 0.1) is 6.61 Å². The number of likely N-dealkylation sites (tertiary alicyclic amines) is 1. The first-order chi connectivity index (χ1) is 6.63. The van der Waals surface area contributed by atoms with E-state index >= 15 is 0 Å². The number of nitrogens with one attached hydrogen (secondary N) is 1. The van der Waals surface area contributed by atoms with Crippen LogP contribution >= 0.6 is 0 Å². The minimum Gasteiger partial charge on any atom is -0.383 e. The molecule has 3 unspecified atom stereocenters. The van der Waals surface area contributed by atoms with E-state index in [1.54, 1.807) is 7.11 Å². The molecule has 0 bridgehead atoms. The Labute approximate surface area is 87.8 Å². The summed E-state index contributed by atoms with van der Waals surface area (Å²) in [4.78, 5) is 2.41. The van der Waals surface area contributed by atoms with Crippen LogP contribution in [0.1, 0.15) is 20.3 Å². The lowest BCUT2D eigenvalue weighted by atomic mass is 9.93. The van der Waals surface area contributed by atoms with E-state index in [2.05, 4.69) is 31.1 Å². The third-order valence-electron chi connectivity index (χ3n) is 3.02. The van der Waals surface area contributed by atoms with Crippen molar-refractivity contribution >= 4 is 0 Å². The molecule has 14 heavy (non-hydrogen) atoms. The maximum absolute atomic E-state index is 5.13. The van der Waals surface area contributed by atoms with Crippen molar-refractivity contribution in [2.45, 2.75) is 32.4 Å². The Hall–Kier alpha value is -0.120. The zero-order valence-electron chi connectivity index (χ0n) is 9.92. The van der Waals surface area contributed by atoms with Gasteiger partial charge in [-0.2, -0.15) is 0 Å². The Balaban J connectivity index is 2.29. The van der Waals surface area contributed by atoms with E-state index in [-0.39, 0.29) is 0 Å². The highest BCUT2D eigenvalue weighted by Crippen LogP contribution is 2.15. The fourth-order valence-electron chi connectivity index (χ4n) is 2.27. The zero-order chi connectivity index (χ0) is 10.6. The lowest BCUT2D eigenvalue weighted by Crippen LogP contribution is -2.50. The molecule has 1 N–H and O–H groups in total. The van der Waals surface area contributed by atoms with Crippen molar-refractivity contribution < 1.29 is 4.74 Å². The van der Waals surface area contributed by atoms with Crippen molar-refractivity contribution in [2.24, 2.45) is 5.92 Å². The van der Waals surface area contributed by atoms with Gasteiger partial charge >= 0.3 is 0 Å². The molecular weight excluding hydrogens is 176 g/mol. The van der Waals surface area contributed by atoms with E-state index in [0.717, 1.165) is 12.5 Å². The van der Waals surface area contributed by atoms with Crippen LogP contribution in [0, 0.1) is 5.92 Å². The normalized spacial score (nSPS) is 31.7. The molecule has 0 saturated carbocycles. The first-order valence-corrected chi connectivity index (χ1v) is 5.57. The van der Waals surface area contributed by atoms with Crippen LogP contribution < -0.4 is 5.32 Å². The molecule has 1 fully saturated rings. The molecule has 0 aromatic rings. The Kier molecular flexibility index (Phi) is 4.85. The van der Waals surface area contributed by atoms with Crippen molar-refractivity contribution in [1.82, 2.24) is 10.2 Å². The number of ether oxygens (including phenoxy) is 1. The van der Waals surface area contributed by atoms with Crippen LogP contribution in [0.25, 0.3) is 0 Å². The Morgan fingerprint density at radius 2 is 2.29 bits per heavy atom. The summed E-state index contributed by atoms with van der Waals surface area (Å²) in [6, 6.07) is 1.13. The second-order valence-corrected chi connectivity index (χ2v) is 4.66. The highest BCUT2D eigenvalue weighted by atomic mass is 16.5. The number of rotatable bonds is 4. The van der Waals surface area contributed by atoms with Crippen LogP contribution in [0.3, 0.4) is 0 Å². The maximum atomic E-state index is 5.13. The van der Waals surface area contributed by atoms with Gasteiger partial charge in [0.25, 0.3) is 0 Å². The molecule has 0 aromatic heterocycles. The molecule has 0 spiro atoms. The van der Waals surface area contributed by atoms with Gasteiger partial charge in [0.15, 0.2) is 0 Å². The van der Waals surface area contributed by atoms with Gasteiger partial charge in [0.2, 0.25) is 0 Å². The molecule has 3 atom stereocenters. The molecule has 0 radical (unpaired) electrons. The van der Waals surface area contributed by atoms with E-state index in [0.29, 0.717) is 12.1 Å². The maximum Gasteiger partial charge on any atom is 0.0613 e. The summed E-state index contributed by atoms with van der Waals surface area (Å²) in [6.07, 6.45) is 1.26. The third-order valence-corrected chi connectivity index (χ3v) is 3.02. The number of hydrogen-bond donors (Lipinski definition) is 1. The predicted molar refractivity (Wildman–Crippen MR) is 59.5 cm³/mol. The summed E-state index contributed by atoms with van der Waals surface area (Å²) in [5, 5.41) is 3.64. The van der Waals surface area contributed by atoms with E-state index in [9.17, 15) is 0 Å². The van der Waals surface area contributed by atoms with Gasteiger partial charge in [-0.15, -0.1) is 0 Å². The van der Waals surface area contributed by atoms with Crippen LogP contribution in [0.4, 0.5) is 0 Å². The molecule has 0 amide bonds. The summed E-state index contributed by atoms with van der Waals surface area (Å²) in [5.74, 6) is 0.744. The fraction of sp³-hybridized carbons (Fsp3) is 1.00. The van der Waals surface area contributed by atoms with Crippen LogP contribution in [0.15, 0.2) is 0 Å². The molecule has 3 heteroatoms. The van der Waals surface area contributed by atoms with Gasteiger partial charge in [-0.1, -0.05) is 6.92 Å². The van der Waals surface area contributed by atoms with Crippen LogP contribution in [-0.2, 0) is 4.74 Å². The zero-order valence-corrected chi connectivity index (χ0v) is 9.92.